The zero-order valence-electron chi connectivity index (χ0n) is 17.8. The first-order chi connectivity index (χ1) is 14.7. The Morgan fingerprint density at radius 1 is 1.03 bits per heavy atom. The van der Waals surface area contributed by atoms with E-state index < -0.39 is 5.91 Å². The molecule has 0 aliphatic carbocycles. The fourth-order valence-electron chi connectivity index (χ4n) is 2.99. The van der Waals surface area contributed by atoms with Gasteiger partial charge in [-0.1, -0.05) is 63.3 Å². The molecule has 0 saturated heterocycles. The second-order valence-corrected chi connectivity index (χ2v) is 7.02. The van der Waals surface area contributed by atoms with E-state index in [2.05, 4.69) is 12.2 Å². The van der Waals surface area contributed by atoms with Crippen molar-refractivity contribution in [3.8, 4) is 17.6 Å². The Labute approximate surface area is 179 Å². The number of amides is 1. The highest BCUT2D eigenvalue weighted by Gasteiger charge is 2.11. The van der Waals surface area contributed by atoms with Crippen molar-refractivity contribution in [2.45, 2.75) is 45.4 Å². The van der Waals surface area contributed by atoms with Crippen LogP contribution in [0.5, 0.6) is 11.5 Å². The van der Waals surface area contributed by atoms with Crippen molar-refractivity contribution in [1.82, 2.24) is 0 Å². The van der Waals surface area contributed by atoms with Gasteiger partial charge in [-0.3, -0.25) is 4.79 Å². The summed E-state index contributed by atoms with van der Waals surface area (Å²) in [6, 6.07) is 16.4. The molecule has 30 heavy (non-hydrogen) atoms. The molecule has 2 aromatic carbocycles. The number of nitrogens with zero attached hydrogens (tertiary/aromatic N) is 1. The van der Waals surface area contributed by atoms with E-state index in [9.17, 15) is 10.1 Å². The predicted molar refractivity (Wildman–Crippen MR) is 121 cm³/mol. The van der Waals surface area contributed by atoms with Crippen molar-refractivity contribution in [2.75, 3.05) is 19.0 Å². The van der Waals surface area contributed by atoms with Crippen LogP contribution >= 0.6 is 0 Å². The van der Waals surface area contributed by atoms with E-state index >= 15 is 0 Å². The standard InChI is InChI=1S/C25H30N2O3/c1-3-4-5-6-7-11-16-30-23-15-14-20(18-24(23)29-2)17-21(19-26)25(28)27-22-12-9-8-10-13-22/h8-10,12-15,17-18H,3-7,11,16H2,1-2H3,(H,27,28)/b21-17+. The number of ether oxygens (including phenoxy) is 2. The van der Waals surface area contributed by atoms with Gasteiger partial charge in [0.2, 0.25) is 0 Å². The summed E-state index contributed by atoms with van der Waals surface area (Å²) in [5.74, 6) is 0.789. The first kappa shape index (κ1) is 23.0. The Morgan fingerprint density at radius 3 is 2.47 bits per heavy atom. The lowest BCUT2D eigenvalue weighted by Crippen LogP contribution is -2.13. The number of anilines is 1. The summed E-state index contributed by atoms with van der Waals surface area (Å²) in [6.07, 6.45) is 8.75. The van der Waals surface area contributed by atoms with E-state index in [0.717, 1.165) is 12.8 Å². The molecule has 2 aromatic rings. The van der Waals surface area contributed by atoms with E-state index in [0.29, 0.717) is 29.4 Å². The maximum Gasteiger partial charge on any atom is 0.266 e. The van der Waals surface area contributed by atoms with Crippen LogP contribution in [-0.4, -0.2) is 19.6 Å². The molecular weight excluding hydrogens is 376 g/mol. The zero-order valence-corrected chi connectivity index (χ0v) is 17.8. The van der Waals surface area contributed by atoms with E-state index in [1.807, 2.05) is 36.4 Å². The number of nitrogens with one attached hydrogen (secondary N) is 1. The van der Waals surface area contributed by atoms with Gasteiger partial charge in [-0.15, -0.1) is 0 Å². The molecule has 1 amide bonds. The van der Waals surface area contributed by atoms with Gasteiger partial charge in [0, 0.05) is 5.69 Å². The minimum Gasteiger partial charge on any atom is -0.493 e. The lowest BCUT2D eigenvalue weighted by atomic mass is 10.1. The van der Waals surface area contributed by atoms with E-state index in [4.69, 9.17) is 9.47 Å². The van der Waals surface area contributed by atoms with Gasteiger partial charge < -0.3 is 14.8 Å². The first-order valence-corrected chi connectivity index (χ1v) is 10.5. The predicted octanol–water partition coefficient (Wildman–Crippen LogP) is 5.98. The summed E-state index contributed by atoms with van der Waals surface area (Å²) in [7, 11) is 1.58. The van der Waals surface area contributed by atoms with Crippen LogP contribution in [0, 0.1) is 11.3 Å². The SMILES string of the molecule is CCCCCCCCOc1ccc(/C=C(\C#N)C(=O)Nc2ccccc2)cc1OC. The van der Waals surface area contributed by atoms with Crippen LogP contribution in [0.2, 0.25) is 0 Å². The molecule has 0 aliphatic rings. The Hall–Kier alpha value is -3.26. The van der Waals surface area contributed by atoms with E-state index in [1.165, 1.54) is 31.8 Å². The fourth-order valence-corrected chi connectivity index (χ4v) is 2.99. The number of benzene rings is 2. The summed E-state index contributed by atoms with van der Waals surface area (Å²) in [5, 5.41) is 12.1. The molecule has 0 spiro atoms. The smallest absolute Gasteiger partial charge is 0.266 e. The van der Waals surface area contributed by atoms with E-state index in [-0.39, 0.29) is 5.57 Å². The van der Waals surface area contributed by atoms with Gasteiger partial charge in [-0.2, -0.15) is 5.26 Å². The molecule has 0 heterocycles. The fraction of sp³-hybridized carbons (Fsp3) is 0.360. The maximum atomic E-state index is 12.4. The van der Waals surface area contributed by atoms with Crippen LogP contribution in [0.25, 0.3) is 6.08 Å². The van der Waals surface area contributed by atoms with Gasteiger partial charge in [0.1, 0.15) is 11.6 Å². The summed E-state index contributed by atoms with van der Waals surface area (Å²) in [4.78, 5) is 12.4. The topological polar surface area (TPSA) is 71.3 Å². The van der Waals surface area contributed by atoms with Crippen LogP contribution in [-0.2, 0) is 4.79 Å². The second kappa shape index (κ2) is 13.1. The number of rotatable bonds is 12. The first-order valence-electron chi connectivity index (χ1n) is 10.5. The molecule has 5 heteroatoms. The zero-order chi connectivity index (χ0) is 21.6. The number of methoxy groups -OCH3 is 1. The van der Waals surface area contributed by atoms with Crippen molar-refractivity contribution in [1.29, 1.82) is 5.26 Å². The number of hydrogen-bond donors (Lipinski definition) is 1. The molecule has 2 rings (SSSR count). The van der Waals surface area contributed by atoms with Crippen LogP contribution < -0.4 is 14.8 Å². The van der Waals surface area contributed by atoms with Gasteiger partial charge in [-0.05, 0) is 42.3 Å². The lowest BCUT2D eigenvalue weighted by Gasteiger charge is -2.11. The van der Waals surface area contributed by atoms with Crippen LogP contribution in [0.15, 0.2) is 54.1 Å². The Balaban J connectivity index is 1.98. The van der Waals surface area contributed by atoms with Crippen molar-refractivity contribution in [3.05, 3.63) is 59.7 Å². The van der Waals surface area contributed by atoms with Crippen LogP contribution in [0.1, 0.15) is 51.0 Å². The van der Waals surface area contributed by atoms with Gasteiger partial charge in [-0.25, -0.2) is 0 Å². The number of unbranched alkanes of at least 4 members (excludes halogenated alkanes) is 5. The maximum absolute atomic E-state index is 12.4. The summed E-state index contributed by atoms with van der Waals surface area (Å²) >= 11 is 0. The molecule has 0 aliphatic heterocycles. The number of carbonyl (C=O) groups excluding carboxylic acids is 1. The number of para-hydroxylation sites is 1. The average molecular weight is 407 g/mol. The van der Waals surface area contributed by atoms with Crippen LogP contribution in [0.4, 0.5) is 5.69 Å². The highest BCUT2D eigenvalue weighted by atomic mass is 16.5. The van der Waals surface area contributed by atoms with Gasteiger partial charge in [0.25, 0.3) is 5.91 Å². The second-order valence-electron chi connectivity index (χ2n) is 7.02. The average Bonchev–Trinajstić information content (AvgIpc) is 2.77. The van der Waals surface area contributed by atoms with Crippen molar-refractivity contribution in [2.24, 2.45) is 0 Å². The third-order valence-corrected chi connectivity index (χ3v) is 4.65. The molecule has 0 bridgehead atoms. The number of nitriles is 1. The Morgan fingerprint density at radius 2 is 1.77 bits per heavy atom. The highest BCUT2D eigenvalue weighted by Crippen LogP contribution is 2.29. The van der Waals surface area contributed by atoms with Crippen molar-refractivity contribution >= 4 is 17.7 Å². The number of hydrogen-bond acceptors (Lipinski definition) is 4. The molecule has 0 atom stereocenters. The Bertz CT molecular complexity index is 870. The molecule has 0 unspecified atom stereocenters. The molecule has 0 fully saturated rings. The van der Waals surface area contributed by atoms with Gasteiger partial charge >= 0.3 is 0 Å². The quantitative estimate of drug-likeness (QED) is 0.267. The number of carbonyl (C=O) groups is 1. The van der Waals surface area contributed by atoms with Crippen LogP contribution in [0.3, 0.4) is 0 Å². The monoisotopic (exact) mass is 406 g/mol. The minimum atomic E-state index is -0.453. The molecule has 158 valence electrons. The molecule has 1 N–H and O–H groups in total. The normalized spacial score (nSPS) is 10.9. The molecular formula is C25H30N2O3. The highest BCUT2D eigenvalue weighted by molar-refractivity contribution is 6.09. The van der Waals surface area contributed by atoms with Gasteiger partial charge in [0.05, 0.1) is 13.7 Å². The van der Waals surface area contributed by atoms with Gasteiger partial charge in [0.15, 0.2) is 11.5 Å². The summed E-state index contributed by atoms with van der Waals surface area (Å²) in [6.45, 7) is 2.85. The lowest BCUT2D eigenvalue weighted by molar-refractivity contribution is -0.112. The van der Waals surface area contributed by atoms with Crippen molar-refractivity contribution in [3.63, 3.8) is 0 Å². The van der Waals surface area contributed by atoms with E-state index in [1.54, 1.807) is 25.3 Å². The summed E-state index contributed by atoms with van der Waals surface area (Å²) in [5.41, 5.74) is 1.35. The van der Waals surface area contributed by atoms with Crippen molar-refractivity contribution < 1.29 is 14.3 Å². The molecule has 5 nitrogen and oxygen atoms in total. The molecule has 0 saturated carbocycles. The Kier molecular flexibility index (Phi) is 10.0. The summed E-state index contributed by atoms with van der Waals surface area (Å²) < 4.78 is 11.3. The molecule has 0 aromatic heterocycles. The minimum absolute atomic E-state index is 0.0154. The molecule has 0 radical (unpaired) electrons. The largest absolute Gasteiger partial charge is 0.493 e. The third kappa shape index (κ3) is 7.63. The third-order valence-electron chi connectivity index (χ3n) is 4.65.